The van der Waals surface area contributed by atoms with Gasteiger partial charge in [0.05, 0.1) is 6.26 Å². The number of likely N-dealkylation sites (N-methyl/N-ethyl adjacent to an activating group) is 1. The molecule has 0 bridgehead atoms. The normalized spacial score (nSPS) is 12.4. The molecule has 0 aliphatic rings. The lowest BCUT2D eigenvalue weighted by Gasteiger charge is -2.16. The largest absolute Gasteiger partial charge is 0.491 e. The lowest BCUT2D eigenvalue weighted by atomic mass is 10.0. The van der Waals surface area contributed by atoms with E-state index < -0.39 is 6.10 Å². The quantitative estimate of drug-likeness (QED) is 0.769. The third-order valence-corrected chi connectivity index (χ3v) is 3.65. The molecule has 1 aromatic carbocycles. The fourth-order valence-electron chi connectivity index (χ4n) is 2.45. The van der Waals surface area contributed by atoms with Gasteiger partial charge in [-0.25, -0.2) is 0 Å². The highest BCUT2D eigenvalue weighted by Gasteiger charge is 2.17. The number of nitrogens with one attached hydrogen (secondary N) is 1. The maximum absolute atomic E-state index is 12.3. The van der Waals surface area contributed by atoms with Gasteiger partial charge in [-0.3, -0.25) is 4.79 Å². The van der Waals surface area contributed by atoms with Crippen molar-refractivity contribution in [2.24, 2.45) is 0 Å². The number of furan rings is 1. The molecule has 1 heterocycles. The van der Waals surface area contributed by atoms with E-state index in [0.29, 0.717) is 23.7 Å². The Hall–Kier alpha value is -2.31. The Labute approximate surface area is 148 Å². The van der Waals surface area contributed by atoms with Gasteiger partial charge in [-0.15, -0.1) is 0 Å². The van der Waals surface area contributed by atoms with Crippen LogP contribution in [0.2, 0.25) is 0 Å². The van der Waals surface area contributed by atoms with Gasteiger partial charge in [0.1, 0.15) is 18.5 Å². The van der Waals surface area contributed by atoms with Gasteiger partial charge >= 0.3 is 0 Å². The minimum Gasteiger partial charge on any atom is -0.491 e. The second kappa shape index (κ2) is 8.69. The summed E-state index contributed by atoms with van der Waals surface area (Å²) in [5, 5.41) is 12.6. The summed E-state index contributed by atoms with van der Waals surface area (Å²) in [5.74, 6) is 0.909. The third-order valence-electron chi connectivity index (χ3n) is 3.65. The van der Waals surface area contributed by atoms with Crippen LogP contribution in [-0.2, 0) is 0 Å². The summed E-state index contributed by atoms with van der Waals surface area (Å²) in [4.78, 5) is 14.2. The van der Waals surface area contributed by atoms with Gasteiger partial charge in [-0.05, 0) is 50.3 Å². The molecule has 136 valence electrons. The first-order chi connectivity index (χ1) is 11.9. The van der Waals surface area contributed by atoms with Crippen LogP contribution in [0.1, 0.15) is 35.9 Å². The van der Waals surface area contributed by atoms with Gasteiger partial charge < -0.3 is 24.5 Å². The van der Waals surface area contributed by atoms with Crippen LogP contribution in [0.25, 0.3) is 0 Å². The Morgan fingerprint density at radius 3 is 2.52 bits per heavy atom. The summed E-state index contributed by atoms with van der Waals surface area (Å²) in [6, 6.07) is 8.83. The molecule has 0 aliphatic heterocycles. The fourth-order valence-corrected chi connectivity index (χ4v) is 2.45. The van der Waals surface area contributed by atoms with E-state index in [4.69, 9.17) is 9.15 Å². The summed E-state index contributed by atoms with van der Waals surface area (Å²) >= 11 is 0. The van der Waals surface area contributed by atoms with Gasteiger partial charge in [0.25, 0.3) is 5.91 Å². The number of hydrogen-bond acceptors (Lipinski definition) is 5. The van der Waals surface area contributed by atoms with Crippen LogP contribution in [0.4, 0.5) is 5.69 Å². The highest BCUT2D eigenvalue weighted by molar-refractivity contribution is 6.03. The number of ether oxygens (including phenoxy) is 1. The van der Waals surface area contributed by atoms with Crippen molar-refractivity contribution in [2.45, 2.75) is 25.9 Å². The lowest BCUT2D eigenvalue weighted by molar-refractivity contribution is 0.0831. The Kier molecular flexibility index (Phi) is 6.61. The number of amides is 1. The topological polar surface area (TPSA) is 74.9 Å². The molecule has 0 spiro atoms. The number of rotatable bonds is 8. The van der Waals surface area contributed by atoms with Crippen molar-refractivity contribution in [3.63, 3.8) is 0 Å². The maximum Gasteiger partial charge on any atom is 0.291 e. The second-order valence-electron chi connectivity index (χ2n) is 6.57. The van der Waals surface area contributed by atoms with Crippen molar-refractivity contribution >= 4 is 11.6 Å². The Morgan fingerprint density at radius 2 is 1.92 bits per heavy atom. The van der Waals surface area contributed by atoms with E-state index in [2.05, 4.69) is 5.32 Å². The minimum absolute atomic E-state index is 0.212. The average molecular weight is 346 g/mol. The molecule has 2 rings (SSSR count). The smallest absolute Gasteiger partial charge is 0.291 e. The van der Waals surface area contributed by atoms with Crippen molar-refractivity contribution in [3.8, 4) is 5.75 Å². The minimum atomic E-state index is -0.553. The zero-order valence-electron chi connectivity index (χ0n) is 15.2. The summed E-state index contributed by atoms with van der Waals surface area (Å²) in [6.07, 6.45) is 0.975. The number of aliphatic hydroxyl groups excluding tert-OH is 1. The monoisotopic (exact) mass is 346 g/mol. The predicted octanol–water partition coefficient (Wildman–Crippen LogP) is 2.96. The van der Waals surface area contributed by atoms with Crippen LogP contribution in [-0.4, -0.2) is 49.3 Å². The standard InChI is InChI=1S/C19H26N2O4/c1-13(2)17-9-10-24-18(17)19(23)20-14-5-7-16(8-6-14)25-12-15(22)11-21(3)4/h5-10,13,15,22H,11-12H2,1-4H3,(H,20,23)/t15-/m1/s1. The van der Waals surface area contributed by atoms with Gasteiger partial charge in [-0.1, -0.05) is 13.8 Å². The number of nitrogens with zero attached hydrogens (tertiary/aromatic N) is 1. The van der Waals surface area contributed by atoms with Crippen molar-refractivity contribution in [1.82, 2.24) is 4.90 Å². The summed E-state index contributed by atoms with van der Waals surface area (Å²) in [5.41, 5.74) is 1.53. The van der Waals surface area contributed by atoms with Gasteiger partial charge in [-0.2, -0.15) is 0 Å². The SMILES string of the molecule is CC(C)c1ccoc1C(=O)Nc1ccc(OC[C@H](O)CN(C)C)cc1. The van der Waals surface area contributed by atoms with Crippen molar-refractivity contribution in [1.29, 1.82) is 0 Å². The molecule has 0 unspecified atom stereocenters. The maximum atomic E-state index is 12.3. The van der Waals surface area contributed by atoms with Crippen molar-refractivity contribution in [2.75, 3.05) is 32.6 Å². The number of anilines is 1. The highest BCUT2D eigenvalue weighted by atomic mass is 16.5. The zero-order valence-corrected chi connectivity index (χ0v) is 15.2. The van der Waals surface area contributed by atoms with Crippen LogP contribution >= 0.6 is 0 Å². The number of aliphatic hydroxyl groups is 1. The van der Waals surface area contributed by atoms with Gasteiger partial charge in [0, 0.05) is 17.8 Å². The number of hydrogen-bond donors (Lipinski definition) is 2. The first-order valence-corrected chi connectivity index (χ1v) is 8.31. The second-order valence-corrected chi connectivity index (χ2v) is 6.57. The van der Waals surface area contributed by atoms with E-state index in [-0.39, 0.29) is 18.4 Å². The van der Waals surface area contributed by atoms with Crippen LogP contribution in [0.15, 0.2) is 41.0 Å². The summed E-state index contributed by atoms with van der Waals surface area (Å²) < 4.78 is 10.9. The molecule has 0 saturated carbocycles. The molecule has 2 N–H and O–H groups in total. The molecule has 1 amide bonds. The molecule has 6 nitrogen and oxygen atoms in total. The molecule has 0 fully saturated rings. The molecular weight excluding hydrogens is 320 g/mol. The molecule has 0 radical (unpaired) electrons. The average Bonchev–Trinajstić information content (AvgIpc) is 3.03. The number of carbonyl (C=O) groups excluding carboxylic acids is 1. The van der Waals surface area contributed by atoms with E-state index in [1.54, 1.807) is 24.3 Å². The zero-order chi connectivity index (χ0) is 18.4. The molecule has 0 saturated heterocycles. The third kappa shape index (κ3) is 5.62. The van der Waals surface area contributed by atoms with Crippen molar-refractivity contribution in [3.05, 3.63) is 47.9 Å². The van der Waals surface area contributed by atoms with Gasteiger partial charge in [0.2, 0.25) is 0 Å². The van der Waals surface area contributed by atoms with E-state index >= 15 is 0 Å². The van der Waals surface area contributed by atoms with Crippen molar-refractivity contribution < 1.29 is 19.1 Å². The molecular formula is C19H26N2O4. The van der Waals surface area contributed by atoms with E-state index in [1.165, 1.54) is 6.26 Å². The summed E-state index contributed by atoms with van der Waals surface area (Å²) in [7, 11) is 3.79. The predicted molar refractivity (Wildman–Crippen MR) is 97.2 cm³/mol. The van der Waals surface area contributed by atoms with E-state index in [0.717, 1.165) is 5.56 Å². The van der Waals surface area contributed by atoms with Crippen LogP contribution < -0.4 is 10.1 Å². The molecule has 6 heteroatoms. The van der Waals surface area contributed by atoms with Crippen LogP contribution in [0, 0.1) is 0 Å². The number of carbonyl (C=O) groups is 1. The van der Waals surface area contributed by atoms with Crippen LogP contribution in [0.5, 0.6) is 5.75 Å². The molecule has 1 atom stereocenters. The highest BCUT2D eigenvalue weighted by Crippen LogP contribution is 2.22. The van der Waals surface area contributed by atoms with Gasteiger partial charge in [0.15, 0.2) is 5.76 Å². The fraction of sp³-hybridized carbons (Fsp3) is 0.421. The first-order valence-electron chi connectivity index (χ1n) is 8.31. The molecule has 2 aromatic rings. The Bertz CT molecular complexity index is 677. The molecule has 25 heavy (non-hydrogen) atoms. The first kappa shape index (κ1) is 19.0. The van der Waals surface area contributed by atoms with Crippen LogP contribution in [0.3, 0.4) is 0 Å². The Balaban J connectivity index is 1.91. The van der Waals surface area contributed by atoms with E-state index in [1.807, 2.05) is 38.9 Å². The lowest BCUT2D eigenvalue weighted by Crippen LogP contribution is -2.30. The van der Waals surface area contributed by atoms with E-state index in [9.17, 15) is 9.90 Å². The Morgan fingerprint density at radius 1 is 1.24 bits per heavy atom. The summed E-state index contributed by atoms with van der Waals surface area (Å²) in [6.45, 7) is 4.78. The molecule has 1 aromatic heterocycles. The molecule has 0 aliphatic carbocycles. The number of benzene rings is 1.